The van der Waals surface area contributed by atoms with Gasteiger partial charge in [-0.2, -0.15) is 0 Å². The standard InChI is InChI=1S/C13H29NO/c1-3-13(2)9-7-5-4-6-8-11-15-12-10-14/h13H,3-12,14H2,1-2H3. The van der Waals surface area contributed by atoms with Gasteiger partial charge in [0.25, 0.3) is 0 Å². The summed E-state index contributed by atoms with van der Waals surface area (Å²) in [5.41, 5.74) is 5.33. The van der Waals surface area contributed by atoms with Crippen LogP contribution in [0.15, 0.2) is 0 Å². The van der Waals surface area contributed by atoms with Crippen LogP contribution in [0.4, 0.5) is 0 Å². The molecule has 0 amide bonds. The average molecular weight is 215 g/mol. The summed E-state index contributed by atoms with van der Waals surface area (Å²) in [5, 5.41) is 0. The molecule has 0 aromatic carbocycles. The third-order valence-corrected chi connectivity index (χ3v) is 2.94. The first-order valence-corrected chi connectivity index (χ1v) is 6.59. The lowest BCUT2D eigenvalue weighted by atomic mass is 10.0. The van der Waals surface area contributed by atoms with Crippen molar-refractivity contribution in [1.29, 1.82) is 0 Å². The summed E-state index contributed by atoms with van der Waals surface area (Å²) < 4.78 is 5.32. The smallest absolute Gasteiger partial charge is 0.0588 e. The summed E-state index contributed by atoms with van der Waals surface area (Å²) in [5.74, 6) is 0.915. The van der Waals surface area contributed by atoms with Crippen LogP contribution in [0.3, 0.4) is 0 Å². The van der Waals surface area contributed by atoms with E-state index in [-0.39, 0.29) is 0 Å². The van der Waals surface area contributed by atoms with Crippen LogP contribution in [0, 0.1) is 5.92 Å². The first kappa shape index (κ1) is 14.9. The Bertz CT molecular complexity index is 117. The van der Waals surface area contributed by atoms with E-state index in [1.165, 1.54) is 44.9 Å². The van der Waals surface area contributed by atoms with Crippen LogP contribution in [0.25, 0.3) is 0 Å². The van der Waals surface area contributed by atoms with Gasteiger partial charge in [0, 0.05) is 13.2 Å². The van der Waals surface area contributed by atoms with E-state index in [2.05, 4.69) is 13.8 Å². The number of rotatable bonds is 11. The van der Waals surface area contributed by atoms with Gasteiger partial charge in [-0.15, -0.1) is 0 Å². The van der Waals surface area contributed by atoms with E-state index in [1.807, 2.05) is 0 Å². The summed E-state index contributed by atoms with van der Waals surface area (Å²) in [6.45, 7) is 6.88. The van der Waals surface area contributed by atoms with Gasteiger partial charge in [0.15, 0.2) is 0 Å². The van der Waals surface area contributed by atoms with Crippen LogP contribution in [0.2, 0.25) is 0 Å². The van der Waals surface area contributed by atoms with Crippen LogP contribution in [-0.2, 0) is 4.74 Å². The minimum Gasteiger partial charge on any atom is -0.380 e. The first-order valence-electron chi connectivity index (χ1n) is 6.59. The molecule has 0 aliphatic carbocycles. The summed E-state index contributed by atoms with van der Waals surface area (Å²) in [7, 11) is 0. The fourth-order valence-corrected chi connectivity index (χ4v) is 1.62. The SMILES string of the molecule is CCC(C)CCCCCCCOCCN. The van der Waals surface area contributed by atoms with Crippen molar-refractivity contribution in [2.24, 2.45) is 11.7 Å². The van der Waals surface area contributed by atoms with Gasteiger partial charge < -0.3 is 10.5 Å². The van der Waals surface area contributed by atoms with Gasteiger partial charge >= 0.3 is 0 Å². The second-order valence-corrected chi connectivity index (χ2v) is 4.47. The van der Waals surface area contributed by atoms with Gasteiger partial charge in [-0.1, -0.05) is 52.4 Å². The van der Waals surface area contributed by atoms with Gasteiger partial charge in [-0.25, -0.2) is 0 Å². The highest BCUT2D eigenvalue weighted by Crippen LogP contribution is 2.13. The molecular weight excluding hydrogens is 186 g/mol. The first-order chi connectivity index (χ1) is 7.31. The molecule has 0 aliphatic heterocycles. The predicted molar refractivity (Wildman–Crippen MR) is 67.0 cm³/mol. The lowest BCUT2D eigenvalue weighted by molar-refractivity contribution is 0.137. The second kappa shape index (κ2) is 12.0. The van der Waals surface area contributed by atoms with Crippen molar-refractivity contribution in [2.75, 3.05) is 19.8 Å². The minimum atomic E-state index is 0.648. The zero-order valence-electron chi connectivity index (χ0n) is 10.6. The molecule has 2 heteroatoms. The quantitative estimate of drug-likeness (QED) is 0.536. The molecule has 0 aromatic rings. The van der Waals surface area contributed by atoms with E-state index in [0.29, 0.717) is 13.2 Å². The number of ether oxygens (including phenoxy) is 1. The molecule has 0 aliphatic rings. The largest absolute Gasteiger partial charge is 0.380 e. The summed E-state index contributed by atoms with van der Waals surface area (Å²) >= 11 is 0. The van der Waals surface area contributed by atoms with E-state index in [1.54, 1.807) is 0 Å². The molecule has 1 atom stereocenters. The molecule has 15 heavy (non-hydrogen) atoms. The third kappa shape index (κ3) is 11.8. The molecule has 2 N–H and O–H groups in total. The Kier molecular flexibility index (Phi) is 11.9. The second-order valence-electron chi connectivity index (χ2n) is 4.47. The lowest BCUT2D eigenvalue weighted by Crippen LogP contribution is -2.08. The fourth-order valence-electron chi connectivity index (χ4n) is 1.62. The molecule has 0 radical (unpaired) electrons. The van der Waals surface area contributed by atoms with Gasteiger partial charge in [-0.3, -0.25) is 0 Å². The molecular formula is C13H29NO. The monoisotopic (exact) mass is 215 g/mol. The number of unbranched alkanes of at least 4 members (excludes halogenated alkanes) is 4. The van der Waals surface area contributed by atoms with E-state index in [4.69, 9.17) is 10.5 Å². The Morgan fingerprint density at radius 2 is 1.67 bits per heavy atom. The Balaban J connectivity index is 2.92. The molecule has 2 nitrogen and oxygen atoms in total. The molecule has 0 aromatic heterocycles. The van der Waals surface area contributed by atoms with Crippen LogP contribution < -0.4 is 5.73 Å². The molecule has 0 rings (SSSR count). The van der Waals surface area contributed by atoms with Crippen molar-refractivity contribution in [3.63, 3.8) is 0 Å². The lowest BCUT2D eigenvalue weighted by Gasteiger charge is -2.07. The Morgan fingerprint density at radius 1 is 1.00 bits per heavy atom. The van der Waals surface area contributed by atoms with Crippen molar-refractivity contribution in [2.45, 2.75) is 58.8 Å². The van der Waals surface area contributed by atoms with Crippen molar-refractivity contribution >= 4 is 0 Å². The zero-order chi connectivity index (χ0) is 11.4. The van der Waals surface area contributed by atoms with Crippen molar-refractivity contribution in [3.8, 4) is 0 Å². The number of hydrogen-bond acceptors (Lipinski definition) is 2. The maximum Gasteiger partial charge on any atom is 0.0588 e. The fraction of sp³-hybridized carbons (Fsp3) is 1.00. The summed E-state index contributed by atoms with van der Waals surface area (Å²) in [6.07, 6.45) is 9.39. The predicted octanol–water partition coefficient (Wildman–Crippen LogP) is 3.35. The molecule has 1 unspecified atom stereocenters. The molecule has 0 saturated heterocycles. The van der Waals surface area contributed by atoms with E-state index >= 15 is 0 Å². The van der Waals surface area contributed by atoms with Crippen LogP contribution in [0.5, 0.6) is 0 Å². The highest BCUT2D eigenvalue weighted by atomic mass is 16.5. The molecule has 0 spiro atoms. The van der Waals surface area contributed by atoms with E-state index in [0.717, 1.165) is 12.5 Å². The van der Waals surface area contributed by atoms with Gasteiger partial charge in [-0.05, 0) is 12.3 Å². The highest BCUT2D eigenvalue weighted by Gasteiger charge is 1.97. The Morgan fingerprint density at radius 3 is 2.33 bits per heavy atom. The number of nitrogens with two attached hydrogens (primary N) is 1. The minimum absolute atomic E-state index is 0.648. The van der Waals surface area contributed by atoms with Crippen molar-refractivity contribution in [1.82, 2.24) is 0 Å². The highest BCUT2D eigenvalue weighted by molar-refractivity contribution is 4.51. The van der Waals surface area contributed by atoms with Gasteiger partial charge in [0.05, 0.1) is 6.61 Å². The summed E-state index contributed by atoms with van der Waals surface area (Å²) in [4.78, 5) is 0. The van der Waals surface area contributed by atoms with Crippen molar-refractivity contribution < 1.29 is 4.74 Å². The molecule has 0 bridgehead atoms. The maximum atomic E-state index is 5.33. The average Bonchev–Trinajstić information content (AvgIpc) is 2.26. The van der Waals surface area contributed by atoms with Gasteiger partial charge in [0.2, 0.25) is 0 Å². The van der Waals surface area contributed by atoms with Crippen LogP contribution in [0.1, 0.15) is 58.8 Å². The Hall–Kier alpha value is -0.0800. The Labute approximate surface area is 95.6 Å². The molecule has 0 fully saturated rings. The van der Waals surface area contributed by atoms with Gasteiger partial charge in [0.1, 0.15) is 0 Å². The van der Waals surface area contributed by atoms with Crippen LogP contribution >= 0.6 is 0 Å². The van der Waals surface area contributed by atoms with Crippen LogP contribution in [-0.4, -0.2) is 19.8 Å². The van der Waals surface area contributed by atoms with Crippen molar-refractivity contribution in [3.05, 3.63) is 0 Å². The third-order valence-electron chi connectivity index (χ3n) is 2.94. The topological polar surface area (TPSA) is 35.2 Å². The maximum absolute atomic E-state index is 5.33. The molecule has 0 heterocycles. The normalized spacial score (nSPS) is 13.0. The van der Waals surface area contributed by atoms with E-state index < -0.39 is 0 Å². The molecule has 92 valence electrons. The van der Waals surface area contributed by atoms with E-state index in [9.17, 15) is 0 Å². The number of hydrogen-bond donors (Lipinski definition) is 1. The zero-order valence-corrected chi connectivity index (χ0v) is 10.6. The summed E-state index contributed by atoms with van der Waals surface area (Å²) in [6, 6.07) is 0. The molecule has 0 saturated carbocycles.